The average molecular weight is 396 g/mol. The third kappa shape index (κ3) is 4.07. The summed E-state index contributed by atoms with van der Waals surface area (Å²) in [6, 6.07) is 8.33. The lowest BCUT2D eigenvalue weighted by Gasteiger charge is -2.35. The highest BCUT2D eigenvalue weighted by atomic mass is 16.5. The van der Waals surface area contributed by atoms with E-state index in [-0.39, 0.29) is 11.3 Å². The lowest BCUT2D eigenvalue weighted by molar-refractivity contribution is 0.0356. The smallest absolute Gasteiger partial charge is 0.309 e. The van der Waals surface area contributed by atoms with Crippen LogP contribution in [0, 0.1) is 6.92 Å². The van der Waals surface area contributed by atoms with E-state index in [0.29, 0.717) is 31.0 Å². The molecule has 152 valence electrons. The predicted octanol–water partition coefficient (Wildman–Crippen LogP) is 1.80. The largest absolute Gasteiger partial charge is 0.507 e. The highest BCUT2D eigenvalue weighted by Gasteiger charge is 2.32. The van der Waals surface area contributed by atoms with E-state index in [0.717, 1.165) is 11.0 Å². The molecule has 8 heteroatoms. The highest BCUT2D eigenvalue weighted by molar-refractivity contribution is 6.49. The van der Waals surface area contributed by atoms with Gasteiger partial charge in [-0.25, -0.2) is 5.01 Å². The first-order valence-electron chi connectivity index (χ1n) is 9.35. The second-order valence-electron chi connectivity index (χ2n) is 8.02. The van der Waals surface area contributed by atoms with Crippen molar-refractivity contribution in [2.45, 2.75) is 39.8 Å². The molecular formula is C21H25BN2O5. The number of carbonyl (C=O) groups is 2. The Morgan fingerprint density at radius 1 is 1.24 bits per heavy atom. The zero-order valence-electron chi connectivity index (χ0n) is 17.3. The first kappa shape index (κ1) is 20.7. The van der Waals surface area contributed by atoms with Crippen LogP contribution in [0.1, 0.15) is 52.6 Å². The molecule has 2 amide bonds. The summed E-state index contributed by atoms with van der Waals surface area (Å²) in [5.74, 6) is -0.491. The molecule has 0 spiro atoms. The fourth-order valence-electron chi connectivity index (χ4n) is 3.27. The Kier molecular flexibility index (Phi) is 5.57. The molecule has 7 nitrogen and oxygen atoms in total. The summed E-state index contributed by atoms with van der Waals surface area (Å²) in [6.45, 7) is 7.60. The quantitative estimate of drug-likeness (QED) is 0.610. The van der Waals surface area contributed by atoms with Crippen molar-refractivity contribution in [3.8, 4) is 11.5 Å². The molecule has 0 radical (unpaired) electrons. The minimum Gasteiger partial charge on any atom is -0.507 e. The number of carbonyl (C=O) groups excluding carboxylic acids is 2. The molecule has 1 aliphatic rings. The van der Waals surface area contributed by atoms with Gasteiger partial charge in [0.15, 0.2) is 0 Å². The maximum Gasteiger partial charge on any atom is 0.309 e. The molecule has 1 heterocycles. The van der Waals surface area contributed by atoms with Gasteiger partial charge in [0.25, 0.3) is 11.8 Å². The van der Waals surface area contributed by atoms with Crippen molar-refractivity contribution in [1.82, 2.24) is 10.4 Å². The summed E-state index contributed by atoms with van der Waals surface area (Å²) < 4.78 is 10.6. The number of benzene rings is 2. The van der Waals surface area contributed by atoms with Crippen molar-refractivity contribution in [3.63, 3.8) is 0 Å². The zero-order chi connectivity index (χ0) is 21.3. The monoisotopic (exact) mass is 396 g/mol. The van der Waals surface area contributed by atoms with E-state index in [1.165, 1.54) is 12.1 Å². The van der Waals surface area contributed by atoms with Gasteiger partial charge in [0, 0.05) is 11.1 Å². The Labute approximate surface area is 170 Å². The standard InChI is InChI=1S/C21H25BN2O5/c1-12-14(7-6-8-18(12)28-5)19(26)23-24(21(2,3)4)20(27)15-10-16-13(9-17(15)25)11-29-22-16/h6-10,22,25H,11H2,1-5H3,(H,23,26). The van der Waals surface area contributed by atoms with Gasteiger partial charge in [-0.15, -0.1) is 0 Å². The lowest BCUT2D eigenvalue weighted by Crippen LogP contribution is -2.56. The van der Waals surface area contributed by atoms with Crippen LogP contribution < -0.4 is 15.6 Å². The zero-order valence-corrected chi connectivity index (χ0v) is 17.3. The Bertz CT molecular complexity index is 968. The Balaban J connectivity index is 1.94. The van der Waals surface area contributed by atoms with Gasteiger partial charge in [-0.05, 0) is 63.0 Å². The number of fused-ring (bicyclic) bond motifs is 1. The van der Waals surface area contributed by atoms with Crippen molar-refractivity contribution >= 4 is 24.8 Å². The molecule has 1 aliphatic heterocycles. The SMILES string of the molecule is COc1cccc(C(=O)NN(C(=O)c2cc3c(cc2O)COB3)C(C)(C)C)c1C. The van der Waals surface area contributed by atoms with Gasteiger partial charge in [0.1, 0.15) is 11.5 Å². The van der Waals surface area contributed by atoms with Gasteiger partial charge < -0.3 is 14.5 Å². The highest BCUT2D eigenvalue weighted by Crippen LogP contribution is 2.25. The summed E-state index contributed by atoms with van der Waals surface area (Å²) in [4.78, 5) is 26.2. The number of hydrogen-bond acceptors (Lipinski definition) is 5. The molecule has 29 heavy (non-hydrogen) atoms. The maximum atomic E-state index is 13.3. The van der Waals surface area contributed by atoms with Crippen molar-refractivity contribution in [2.24, 2.45) is 0 Å². The van der Waals surface area contributed by atoms with Crippen LogP contribution in [-0.4, -0.2) is 42.1 Å². The topological polar surface area (TPSA) is 88.1 Å². The van der Waals surface area contributed by atoms with Crippen LogP contribution >= 0.6 is 0 Å². The lowest BCUT2D eigenvalue weighted by atomic mass is 9.85. The van der Waals surface area contributed by atoms with Crippen LogP contribution in [0.3, 0.4) is 0 Å². The van der Waals surface area contributed by atoms with Crippen LogP contribution in [0.4, 0.5) is 0 Å². The number of phenols is 1. The summed E-state index contributed by atoms with van der Waals surface area (Å²) >= 11 is 0. The fourth-order valence-corrected chi connectivity index (χ4v) is 3.27. The Morgan fingerprint density at radius 3 is 2.62 bits per heavy atom. The first-order valence-corrected chi connectivity index (χ1v) is 9.35. The normalized spacial score (nSPS) is 12.7. The van der Waals surface area contributed by atoms with Gasteiger partial charge in [0.05, 0.1) is 24.8 Å². The molecule has 2 aromatic carbocycles. The molecule has 0 aliphatic carbocycles. The molecule has 0 saturated heterocycles. The van der Waals surface area contributed by atoms with Crippen molar-refractivity contribution < 1.29 is 24.1 Å². The fraction of sp³-hybridized carbons (Fsp3) is 0.333. The van der Waals surface area contributed by atoms with Crippen LogP contribution in [-0.2, 0) is 11.3 Å². The van der Waals surface area contributed by atoms with Crippen molar-refractivity contribution in [2.75, 3.05) is 7.11 Å². The minimum absolute atomic E-state index is 0.117. The Morgan fingerprint density at radius 2 is 1.97 bits per heavy atom. The van der Waals surface area contributed by atoms with E-state index in [1.807, 2.05) is 0 Å². The number of nitrogens with zero attached hydrogens (tertiary/aromatic N) is 1. The minimum atomic E-state index is -0.735. The number of nitrogens with one attached hydrogen (secondary N) is 1. The summed E-state index contributed by atoms with van der Waals surface area (Å²) in [6.07, 6.45) is 0. The predicted molar refractivity (Wildman–Crippen MR) is 111 cm³/mol. The van der Waals surface area contributed by atoms with E-state index < -0.39 is 17.4 Å². The van der Waals surface area contributed by atoms with E-state index in [1.54, 1.807) is 58.0 Å². The molecule has 0 unspecified atom stereocenters. The molecule has 0 aromatic heterocycles. The number of phenolic OH excluding ortho intramolecular Hbond substituents is 1. The number of hydrazine groups is 1. The van der Waals surface area contributed by atoms with Crippen molar-refractivity contribution in [1.29, 1.82) is 0 Å². The maximum absolute atomic E-state index is 13.3. The van der Waals surface area contributed by atoms with E-state index in [4.69, 9.17) is 9.39 Å². The van der Waals surface area contributed by atoms with E-state index >= 15 is 0 Å². The number of hydrogen-bond donors (Lipinski definition) is 2. The third-order valence-electron chi connectivity index (χ3n) is 4.90. The second kappa shape index (κ2) is 7.79. The van der Waals surface area contributed by atoms with Gasteiger partial charge in [0.2, 0.25) is 0 Å². The van der Waals surface area contributed by atoms with Crippen LogP contribution in [0.15, 0.2) is 30.3 Å². The number of methoxy groups -OCH3 is 1. The molecular weight excluding hydrogens is 371 g/mol. The second-order valence-corrected chi connectivity index (χ2v) is 8.02. The van der Waals surface area contributed by atoms with Crippen molar-refractivity contribution in [3.05, 3.63) is 52.6 Å². The summed E-state index contributed by atoms with van der Waals surface area (Å²) in [5, 5.41) is 11.6. The van der Waals surface area contributed by atoms with Gasteiger partial charge >= 0.3 is 7.48 Å². The number of rotatable bonds is 3. The Hall–Kier alpha value is -3.00. The summed E-state index contributed by atoms with van der Waals surface area (Å²) in [5.41, 5.74) is 4.88. The number of ether oxygens (including phenoxy) is 1. The summed E-state index contributed by atoms with van der Waals surface area (Å²) in [7, 11) is 1.93. The first-order chi connectivity index (χ1) is 13.6. The third-order valence-corrected chi connectivity index (χ3v) is 4.90. The molecule has 2 aromatic rings. The van der Waals surface area contributed by atoms with Gasteiger partial charge in [-0.3, -0.25) is 15.0 Å². The van der Waals surface area contributed by atoms with E-state index in [2.05, 4.69) is 5.43 Å². The number of aromatic hydroxyl groups is 1. The van der Waals surface area contributed by atoms with Gasteiger partial charge in [-0.1, -0.05) is 6.07 Å². The van der Waals surface area contributed by atoms with Gasteiger partial charge in [-0.2, -0.15) is 0 Å². The average Bonchev–Trinajstić information content (AvgIpc) is 3.11. The van der Waals surface area contributed by atoms with Crippen LogP contribution in [0.2, 0.25) is 0 Å². The molecule has 3 rings (SSSR count). The molecule has 0 fully saturated rings. The van der Waals surface area contributed by atoms with Crippen LogP contribution in [0.5, 0.6) is 11.5 Å². The van der Waals surface area contributed by atoms with E-state index in [9.17, 15) is 14.7 Å². The van der Waals surface area contributed by atoms with Crippen LogP contribution in [0.25, 0.3) is 0 Å². The molecule has 0 atom stereocenters. The molecule has 0 saturated carbocycles. The number of amides is 2. The molecule has 0 bridgehead atoms. The molecule has 2 N–H and O–H groups in total.